The maximum Gasteiger partial charge on any atom is 0.323 e. The van der Waals surface area contributed by atoms with Gasteiger partial charge in [0.1, 0.15) is 0 Å². The summed E-state index contributed by atoms with van der Waals surface area (Å²) in [5.41, 5.74) is 10.7. The normalized spacial score (nSPS) is 11.8. The van der Waals surface area contributed by atoms with Crippen LogP contribution in [-0.4, -0.2) is 6.03 Å². The molecule has 0 saturated carbocycles. The van der Waals surface area contributed by atoms with Gasteiger partial charge in [-0.05, 0) is 61.7 Å². The number of benzene rings is 2. The van der Waals surface area contributed by atoms with Gasteiger partial charge in [0.25, 0.3) is 0 Å². The predicted molar refractivity (Wildman–Crippen MR) is 87.6 cm³/mol. The molecule has 0 aliphatic heterocycles. The third-order valence-corrected chi connectivity index (χ3v) is 3.46. The maximum atomic E-state index is 11.9. The van der Waals surface area contributed by atoms with Crippen molar-refractivity contribution in [1.29, 1.82) is 0 Å². The fourth-order valence-corrected chi connectivity index (χ4v) is 1.98. The minimum Gasteiger partial charge on any atom is -0.324 e. The van der Waals surface area contributed by atoms with Gasteiger partial charge in [0.2, 0.25) is 0 Å². The average Bonchev–Trinajstić information content (AvgIpc) is 2.43. The van der Waals surface area contributed by atoms with Gasteiger partial charge in [-0.3, -0.25) is 0 Å². The molecule has 0 radical (unpaired) electrons. The maximum absolute atomic E-state index is 11.9. The summed E-state index contributed by atoms with van der Waals surface area (Å²) in [5, 5.41) is 5.62. The molecule has 110 valence electrons. The second kappa shape index (κ2) is 6.41. The number of hydrogen-bond acceptors (Lipinski definition) is 2. The Hall–Kier alpha value is -2.33. The Balaban J connectivity index is 1.99. The van der Waals surface area contributed by atoms with Crippen LogP contribution in [0.25, 0.3) is 0 Å². The lowest BCUT2D eigenvalue weighted by atomic mass is 10.1. The van der Waals surface area contributed by atoms with Crippen LogP contribution in [0.5, 0.6) is 0 Å². The Kier molecular flexibility index (Phi) is 4.60. The van der Waals surface area contributed by atoms with Crippen LogP contribution in [0, 0.1) is 13.8 Å². The van der Waals surface area contributed by atoms with Crippen molar-refractivity contribution >= 4 is 17.4 Å². The number of amides is 2. The van der Waals surface area contributed by atoms with Gasteiger partial charge in [-0.25, -0.2) is 4.79 Å². The van der Waals surface area contributed by atoms with Gasteiger partial charge in [0.15, 0.2) is 0 Å². The fourth-order valence-electron chi connectivity index (χ4n) is 1.98. The van der Waals surface area contributed by atoms with Crippen LogP contribution < -0.4 is 16.4 Å². The van der Waals surface area contributed by atoms with Gasteiger partial charge >= 0.3 is 6.03 Å². The van der Waals surface area contributed by atoms with Gasteiger partial charge in [0, 0.05) is 17.4 Å². The van der Waals surface area contributed by atoms with E-state index in [9.17, 15) is 4.79 Å². The smallest absolute Gasteiger partial charge is 0.323 e. The molecule has 0 aliphatic carbocycles. The Morgan fingerprint density at radius 3 is 2.10 bits per heavy atom. The number of hydrogen-bond donors (Lipinski definition) is 3. The van der Waals surface area contributed by atoms with Crippen molar-refractivity contribution in [3.05, 3.63) is 59.2 Å². The highest BCUT2D eigenvalue weighted by molar-refractivity contribution is 5.99. The van der Waals surface area contributed by atoms with E-state index in [4.69, 9.17) is 5.73 Å². The van der Waals surface area contributed by atoms with E-state index in [0.717, 1.165) is 22.5 Å². The molecule has 4 heteroatoms. The molecule has 0 aliphatic rings. The molecule has 0 aromatic heterocycles. The lowest BCUT2D eigenvalue weighted by Gasteiger charge is -2.10. The molecule has 1 unspecified atom stereocenters. The van der Waals surface area contributed by atoms with Crippen molar-refractivity contribution in [1.82, 2.24) is 0 Å². The lowest BCUT2D eigenvalue weighted by molar-refractivity contribution is 0.262. The van der Waals surface area contributed by atoms with Crippen LogP contribution in [0.1, 0.15) is 29.7 Å². The van der Waals surface area contributed by atoms with Crippen LogP contribution in [-0.2, 0) is 0 Å². The molecule has 0 bridgehead atoms. The van der Waals surface area contributed by atoms with E-state index in [1.165, 1.54) is 5.56 Å². The standard InChI is InChI=1S/C17H21N3O/c1-11-4-7-16(10-12(11)2)20-17(21)19-15-8-5-14(6-9-15)13(3)18/h4-10,13H,18H2,1-3H3,(H2,19,20,21). The Morgan fingerprint density at radius 1 is 0.952 bits per heavy atom. The summed E-state index contributed by atoms with van der Waals surface area (Å²) in [4.78, 5) is 11.9. The number of carbonyl (C=O) groups excluding carboxylic acids is 1. The monoisotopic (exact) mass is 283 g/mol. The van der Waals surface area contributed by atoms with E-state index >= 15 is 0 Å². The van der Waals surface area contributed by atoms with Gasteiger partial charge in [-0.1, -0.05) is 18.2 Å². The Bertz CT molecular complexity index is 633. The number of urea groups is 1. The SMILES string of the molecule is Cc1ccc(NC(=O)Nc2ccc(C(C)N)cc2)cc1C. The molecule has 2 aromatic carbocycles. The quantitative estimate of drug-likeness (QED) is 0.798. The van der Waals surface area contributed by atoms with E-state index in [1.807, 2.05) is 63.2 Å². The molecule has 2 rings (SSSR count). The van der Waals surface area contributed by atoms with E-state index in [-0.39, 0.29) is 12.1 Å². The first-order valence-electron chi connectivity index (χ1n) is 6.96. The highest BCUT2D eigenvalue weighted by atomic mass is 16.2. The van der Waals surface area contributed by atoms with Crippen molar-refractivity contribution in [2.24, 2.45) is 5.73 Å². The van der Waals surface area contributed by atoms with Crippen molar-refractivity contribution in [3.63, 3.8) is 0 Å². The van der Waals surface area contributed by atoms with Crippen LogP contribution in [0.2, 0.25) is 0 Å². The third kappa shape index (κ3) is 4.07. The molecular formula is C17H21N3O. The summed E-state index contributed by atoms with van der Waals surface area (Å²) < 4.78 is 0. The zero-order valence-electron chi connectivity index (χ0n) is 12.6. The molecule has 1 atom stereocenters. The van der Waals surface area contributed by atoms with E-state index in [1.54, 1.807) is 0 Å². The zero-order valence-corrected chi connectivity index (χ0v) is 12.6. The van der Waals surface area contributed by atoms with Crippen molar-refractivity contribution in [2.75, 3.05) is 10.6 Å². The molecule has 0 heterocycles. The minimum absolute atomic E-state index is 0.0107. The number of carbonyl (C=O) groups is 1. The highest BCUT2D eigenvalue weighted by Gasteiger charge is 2.04. The van der Waals surface area contributed by atoms with Gasteiger partial charge < -0.3 is 16.4 Å². The molecule has 4 nitrogen and oxygen atoms in total. The molecular weight excluding hydrogens is 262 g/mol. The second-order valence-electron chi connectivity index (χ2n) is 5.29. The van der Waals surface area contributed by atoms with Gasteiger partial charge in [-0.15, -0.1) is 0 Å². The first-order chi connectivity index (χ1) is 9.95. The molecule has 2 aromatic rings. The van der Waals surface area contributed by atoms with Crippen LogP contribution in [0.3, 0.4) is 0 Å². The summed E-state index contributed by atoms with van der Waals surface area (Å²) in [6, 6.07) is 13.1. The van der Waals surface area contributed by atoms with Crippen LogP contribution in [0.4, 0.5) is 16.2 Å². The highest BCUT2D eigenvalue weighted by Crippen LogP contribution is 2.16. The van der Waals surface area contributed by atoms with E-state index in [2.05, 4.69) is 10.6 Å². The molecule has 0 spiro atoms. The molecule has 0 saturated heterocycles. The van der Waals surface area contributed by atoms with Crippen molar-refractivity contribution in [2.45, 2.75) is 26.8 Å². The van der Waals surface area contributed by atoms with Crippen molar-refractivity contribution in [3.8, 4) is 0 Å². The summed E-state index contributed by atoms with van der Waals surface area (Å²) in [5.74, 6) is 0. The van der Waals surface area contributed by atoms with Crippen molar-refractivity contribution < 1.29 is 4.79 Å². The fraction of sp³-hybridized carbons (Fsp3) is 0.235. The van der Waals surface area contributed by atoms with Crippen LogP contribution in [0.15, 0.2) is 42.5 Å². The lowest BCUT2D eigenvalue weighted by Crippen LogP contribution is -2.19. The molecule has 4 N–H and O–H groups in total. The number of nitrogens with two attached hydrogens (primary N) is 1. The third-order valence-electron chi connectivity index (χ3n) is 3.46. The first-order valence-corrected chi connectivity index (χ1v) is 6.96. The zero-order chi connectivity index (χ0) is 15.4. The summed E-state index contributed by atoms with van der Waals surface area (Å²) >= 11 is 0. The molecule has 0 fully saturated rings. The summed E-state index contributed by atoms with van der Waals surface area (Å²) in [6.45, 7) is 5.99. The molecule has 21 heavy (non-hydrogen) atoms. The Labute approximate surface area is 125 Å². The number of aryl methyl sites for hydroxylation is 2. The topological polar surface area (TPSA) is 67.2 Å². The predicted octanol–water partition coefficient (Wildman–Crippen LogP) is 3.97. The molecule has 2 amide bonds. The Morgan fingerprint density at radius 2 is 1.52 bits per heavy atom. The minimum atomic E-state index is -0.258. The van der Waals surface area contributed by atoms with E-state index in [0.29, 0.717) is 0 Å². The number of nitrogens with one attached hydrogen (secondary N) is 2. The summed E-state index contributed by atoms with van der Waals surface area (Å²) in [7, 11) is 0. The van der Waals surface area contributed by atoms with Gasteiger partial charge in [-0.2, -0.15) is 0 Å². The van der Waals surface area contributed by atoms with E-state index < -0.39 is 0 Å². The summed E-state index contributed by atoms with van der Waals surface area (Å²) in [6.07, 6.45) is 0. The second-order valence-corrected chi connectivity index (χ2v) is 5.29. The number of rotatable bonds is 3. The largest absolute Gasteiger partial charge is 0.324 e. The average molecular weight is 283 g/mol. The number of anilines is 2. The van der Waals surface area contributed by atoms with Crippen LogP contribution >= 0.6 is 0 Å². The van der Waals surface area contributed by atoms with Gasteiger partial charge in [0.05, 0.1) is 0 Å². The first kappa shape index (κ1) is 15.1.